The highest BCUT2D eigenvalue weighted by atomic mass is 32.2. The molecule has 1 N–H and O–H groups in total. The number of nitrogens with one attached hydrogen (secondary N) is 1. The van der Waals surface area contributed by atoms with Crippen LogP contribution in [0, 0.1) is 6.92 Å². The highest BCUT2D eigenvalue weighted by Crippen LogP contribution is 2.28. The zero-order valence-corrected chi connectivity index (χ0v) is 20.5. The van der Waals surface area contributed by atoms with Crippen molar-refractivity contribution < 1.29 is 17.9 Å². The van der Waals surface area contributed by atoms with E-state index in [1.165, 1.54) is 38.9 Å². The number of morpholine rings is 1. The minimum atomic E-state index is -3.58. The lowest BCUT2D eigenvalue weighted by molar-refractivity contribution is 0.0730. The number of rotatable bonds is 9. The molecule has 2 heterocycles. The van der Waals surface area contributed by atoms with Gasteiger partial charge in [-0.15, -0.1) is 10.2 Å². The molecule has 1 aromatic heterocycles. The van der Waals surface area contributed by atoms with Crippen LogP contribution in [0.2, 0.25) is 0 Å². The van der Waals surface area contributed by atoms with E-state index < -0.39 is 10.0 Å². The Balaban J connectivity index is 1.30. The molecule has 4 rings (SSSR count). The normalized spacial score (nSPS) is 14.8. The van der Waals surface area contributed by atoms with Crippen LogP contribution in [0.15, 0.2) is 57.8 Å². The van der Waals surface area contributed by atoms with E-state index in [2.05, 4.69) is 40.6 Å². The molecule has 2 aromatic carbocycles. The van der Waals surface area contributed by atoms with Gasteiger partial charge in [0, 0.05) is 24.4 Å². The number of hydrogen-bond donors (Lipinski definition) is 1. The van der Waals surface area contributed by atoms with Gasteiger partial charge in [-0.25, -0.2) is 8.42 Å². The molecule has 1 fully saturated rings. The Labute approximate surface area is 201 Å². The van der Waals surface area contributed by atoms with Crippen molar-refractivity contribution in [2.75, 3.05) is 38.2 Å². The van der Waals surface area contributed by atoms with E-state index in [9.17, 15) is 13.2 Å². The molecule has 33 heavy (non-hydrogen) atoms. The van der Waals surface area contributed by atoms with Gasteiger partial charge in [0.05, 0.1) is 24.7 Å². The number of carbonyl (C=O) groups excluding carboxylic acids is 1. The van der Waals surface area contributed by atoms with Gasteiger partial charge in [-0.2, -0.15) is 4.31 Å². The van der Waals surface area contributed by atoms with Crippen molar-refractivity contribution in [1.82, 2.24) is 14.5 Å². The van der Waals surface area contributed by atoms with Crippen molar-refractivity contribution in [3.05, 3.63) is 65.2 Å². The van der Waals surface area contributed by atoms with Crippen LogP contribution in [-0.4, -0.2) is 61.6 Å². The highest BCUT2D eigenvalue weighted by Gasteiger charge is 2.26. The lowest BCUT2D eigenvalue weighted by atomic mass is 10.1. The molecule has 0 aliphatic carbocycles. The number of thioether (sulfide) groups is 1. The molecule has 1 aliphatic rings. The summed E-state index contributed by atoms with van der Waals surface area (Å²) in [7, 11) is -3.58. The predicted molar refractivity (Wildman–Crippen MR) is 129 cm³/mol. The summed E-state index contributed by atoms with van der Waals surface area (Å²) in [5, 5.41) is 11.8. The number of nitrogens with zero attached hydrogens (tertiary/aromatic N) is 3. The van der Waals surface area contributed by atoms with Crippen molar-refractivity contribution in [2.24, 2.45) is 0 Å². The van der Waals surface area contributed by atoms with E-state index in [0.29, 0.717) is 37.0 Å². The fraction of sp³-hybridized carbons (Fsp3) is 0.318. The number of Topliss-reactive ketones (excluding diaryl/α,β-unsaturated/α-hetero) is 1. The molecule has 174 valence electrons. The number of ketones is 1. The average Bonchev–Trinajstić information content (AvgIpc) is 3.30. The summed E-state index contributed by atoms with van der Waals surface area (Å²) in [6.07, 6.45) is 0. The average molecular weight is 505 g/mol. The number of aryl methyl sites for hydroxylation is 1. The van der Waals surface area contributed by atoms with E-state index in [0.717, 1.165) is 10.1 Å². The number of anilines is 1. The molecule has 0 radical (unpaired) electrons. The summed E-state index contributed by atoms with van der Waals surface area (Å²) in [6.45, 7) is 3.56. The molecule has 8 nitrogen and oxygen atoms in total. The topological polar surface area (TPSA) is 101 Å². The van der Waals surface area contributed by atoms with Crippen molar-refractivity contribution in [1.29, 1.82) is 0 Å². The van der Waals surface area contributed by atoms with Gasteiger partial charge in [-0.3, -0.25) is 4.79 Å². The van der Waals surface area contributed by atoms with Gasteiger partial charge in [0.15, 0.2) is 10.1 Å². The van der Waals surface area contributed by atoms with Crippen molar-refractivity contribution in [3.8, 4) is 0 Å². The number of ether oxygens (including phenoxy) is 1. The standard InChI is InChI=1S/C22H24N4O4S3/c1-16-3-2-4-17(13-16)15-31-22-25-24-21(32-22)23-14-20(27)18-5-7-19(8-6-18)33(28,29)26-9-11-30-12-10-26/h2-8,13H,9-12,14-15H2,1H3,(H,23,24). The fourth-order valence-electron chi connectivity index (χ4n) is 3.29. The van der Waals surface area contributed by atoms with Gasteiger partial charge >= 0.3 is 0 Å². The Bertz CT molecular complexity index is 1210. The van der Waals surface area contributed by atoms with Crippen LogP contribution in [0.1, 0.15) is 21.5 Å². The largest absolute Gasteiger partial charge is 0.379 e. The molecule has 0 unspecified atom stereocenters. The van der Waals surface area contributed by atoms with Crippen molar-refractivity contribution >= 4 is 44.0 Å². The van der Waals surface area contributed by atoms with Crippen LogP contribution in [0.25, 0.3) is 0 Å². The summed E-state index contributed by atoms with van der Waals surface area (Å²) in [4.78, 5) is 12.7. The van der Waals surface area contributed by atoms with E-state index >= 15 is 0 Å². The summed E-state index contributed by atoms with van der Waals surface area (Å²) >= 11 is 3.00. The zero-order chi connectivity index (χ0) is 23.3. The maximum Gasteiger partial charge on any atom is 0.243 e. The molecule has 0 bridgehead atoms. The van der Waals surface area contributed by atoms with Gasteiger partial charge in [0.1, 0.15) is 0 Å². The first-order valence-corrected chi connectivity index (χ1v) is 13.6. The van der Waals surface area contributed by atoms with E-state index in [1.807, 2.05) is 6.07 Å². The number of carbonyl (C=O) groups is 1. The third-order valence-electron chi connectivity index (χ3n) is 5.04. The van der Waals surface area contributed by atoms with Crippen molar-refractivity contribution in [3.63, 3.8) is 0 Å². The number of sulfonamides is 1. The zero-order valence-electron chi connectivity index (χ0n) is 18.1. The van der Waals surface area contributed by atoms with Gasteiger partial charge in [0.25, 0.3) is 0 Å². The summed E-state index contributed by atoms with van der Waals surface area (Å²) in [5.41, 5.74) is 2.87. The molecule has 1 saturated heterocycles. The maximum atomic E-state index is 12.7. The number of aromatic nitrogens is 2. The monoisotopic (exact) mass is 504 g/mol. The molecule has 3 aromatic rings. The van der Waals surface area contributed by atoms with Gasteiger partial charge < -0.3 is 10.1 Å². The van der Waals surface area contributed by atoms with Crippen LogP contribution in [0.4, 0.5) is 5.13 Å². The molecule has 0 atom stereocenters. The van der Waals surface area contributed by atoms with Gasteiger partial charge in [-0.1, -0.05) is 52.9 Å². The second kappa shape index (κ2) is 10.7. The summed E-state index contributed by atoms with van der Waals surface area (Å²) < 4.78 is 32.8. The molecular weight excluding hydrogens is 480 g/mol. The smallest absolute Gasteiger partial charge is 0.243 e. The number of hydrogen-bond acceptors (Lipinski definition) is 9. The minimum Gasteiger partial charge on any atom is -0.379 e. The fourth-order valence-corrected chi connectivity index (χ4v) is 6.39. The van der Waals surface area contributed by atoms with Crippen molar-refractivity contribution in [2.45, 2.75) is 21.9 Å². The first kappa shape index (κ1) is 23.8. The van der Waals surface area contributed by atoms with Crippen LogP contribution >= 0.6 is 23.1 Å². The Hall–Kier alpha value is -2.31. The Morgan fingerprint density at radius 3 is 2.64 bits per heavy atom. The minimum absolute atomic E-state index is 0.0484. The maximum absolute atomic E-state index is 12.7. The quantitative estimate of drug-likeness (QED) is 0.349. The van der Waals surface area contributed by atoms with Crippen LogP contribution in [0.5, 0.6) is 0 Å². The lowest BCUT2D eigenvalue weighted by Crippen LogP contribution is -2.40. The van der Waals surface area contributed by atoms with E-state index in [-0.39, 0.29) is 17.2 Å². The second-order valence-electron chi connectivity index (χ2n) is 7.47. The lowest BCUT2D eigenvalue weighted by Gasteiger charge is -2.26. The third-order valence-corrected chi connectivity index (χ3v) is 9.03. The second-order valence-corrected chi connectivity index (χ2v) is 11.6. The highest BCUT2D eigenvalue weighted by molar-refractivity contribution is 8.00. The molecule has 11 heteroatoms. The summed E-state index contributed by atoms with van der Waals surface area (Å²) in [5.74, 6) is 0.643. The molecular formula is C22H24N4O4S3. The number of benzene rings is 2. The van der Waals surface area contributed by atoms with Gasteiger partial charge in [-0.05, 0) is 36.8 Å². The van der Waals surface area contributed by atoms with E-state index in [1.54, 1.807) is 23.9 Å². The van der Waals surface area contributed by atoms with Crippen LogP contribution in [0.3, 0.4) is 0 Å². The van der Waals surface area contributed by atoms with E-state index in [4.69, 9.17) is 4.74 Å². The first-order valence-electron chi connectivity index (χ1n) is 10.4. The Kier molecular flexibility index (Phi) is 7.76. The predicted octanol–water partition coefficient (Wildman–Crippen LogP) is 3.45. The SMILES string of the molecule is Cc1cccc(CSc2nnc(NCC(=O)c3ccc(S(=O)(=O)N4CCOCC4)cc3)s2)c1. The molecule has 0 saturated carbocycles. The van der Waals surface area contributed by atoms with Gasteiger partial charge in [0.2, 0.25) is 15.2 Å². The summed E-state index contributed by atoms with van der Waals surface area (Å²) in [6, 6.07) is 14.4. The third kappa shape index (κ3) is 6.18. The van der Waals surface area contributed by atoms with Crippen LogP contribution in [-0.2, 0) is 20.5 Å². The van der Waals surface area contributed by atoms with Crippen LogP contribution < -0.4 is 5.32 Å². The molecule has 0 amide bonds. The Morgan fingerprint density at radius 1 is 1.15 bits per heavy atom. The Morgan fingerprint density at radius 2 is 1.91 bits per heavy atom. The first-order chi connectivity index (χ1) is 15.9. The molecule has 1 aliphatic heterocycles. The molecule has 0 spiro atoms.